The number of carbonyl (C=O) groups is 2. The molecule has 0 aliphatic carbocycles. The van der Waals surface area contributed by atoms with E-state index >= 15 is 0 Å². The van der Waals surface area contributed by atoms with Gasteiger partial charge in [0.05, 0.1) is 33.6 Å². The highest BCUT2D eigenvalue weighted by Gasteiger charge is 2.19. The number of nitrogens with zero attached hydrogens (tertiary/aromatic N) is 1. The molecule has 0 saturated carbocycles. The maximum absolute atomic E-state index is 11.6. The van der Waals surface area contributed by atoms with Gasteiger partial charge in [-0.25, -0.2) is 4.79 Å². The molecule has 0 spiro atoms. The zero-order valence-corrected chi connectivity index (χ0v) is 11.5. The average molecular weight is 271 g/mol. The zero-order chi connectivity index (χ0) is 13.6. The number of hydrogen-bond donors (Lipinski definition) is 2. The van der Waals surface area contributed by atoms with Crippen molar-refractivity contribution in [3.8, 4) is 0 Å². The van der Waals surface area contributed by atoms with Crippen LogP contribution in [0.25, 0.3) is 0 Å². The lowest BCUT2D eigenvalue weighted by Crippen LogP contribution is -2.48. The summed E-state index contributed by atoms with van der Waals surface area (Å²) in [6, 6.07) is 1.93. The highest BCUT2D eigenvalue weighted by atomic mass is 32.1. The fourth-order valence-electron chi connectivity index (χ4n) is 1.58. The number of hydrogen-bond acceptors (Lipinski definition) is 3. The summed E-state index contributed by atoms with van der Waals surface area (Å²) in [6.07, 6.45) is 0.385. The van der Waals surface area contributed by atoms with Gasteiger partial charge in [0.1, 0.15) is 0 Å². The summed E-state index contributed by atoms with van der Waals surface area (Å²) in [7, 11) is 3.66. The third-order valence-corrected chi connectivity index (χ3v) is 3.28. The van der Waals surface area contributed by atoms with Gasteiger partial charge in [0, 0.05) is 0 Å². The van der Waals surface area contributed by atoms with Gasteiger partial charge in [-0.1, -0.05) is 0 Å². The molecule has 0 radical (unpaired) electrons. The second-order valence-corrected chi connectivity index (χ2v) is 5.65. The van der Waals surface area contributed by atoms with Crippen molar-refractivity contribution in [1.82, 2.24) is 5.32 Å². The lowest BCUT2D eigenvalue weighted by atomic mass is 10.2. The summed E-state index contributed by atoms with van der Waals surface area (Å²) in [5.74, 6) is -0.853. The molecule has 0 saturated heterocycles. The van der Waals surface area contributed by atoms with Gasteiger partial charge in [0.15, 0.2) is 6.54 Å². The SMILES string of the molecule is C[N+](C)(CCNC(=O)Cc1ccsc1)CC(=O)O. The van der Waals surface area contributed by atoms with Crippen molar-refractivity contribution in [1.29, 1.82) is 0 Å². The Bertz CT molecular complexity index is 401. The van der Waals surface area contributed by atoms with E-state index in [4.69, 9.17) is 5.11 Å². The van der Waals surface area contributed by atoms with Crippen molar-refractivity contribution in [2.24, 2.45) is 0 Å². The van der Waals surface area contributed by atoms with E-state index < -0.39 is 5.97 Å². The van der Waals surface area contributed by atoms with Crippen LogP contribution in [0.4, 0.5) is 0 Å². The predicted molar refractivity (Wildman–Crippen MR) is 70.5 cm³/mol. The van der Waals surface area contributed by atoms with E-state index in [1.807, 2.05) is 30.9 Å². The molecular formula is C12H19N2O3S+. The van der Waals surface area contributed by atoms with Crippen molar-refractivity contribution in [2.45, 2.75) is 6.42 Å². The fourth-order valence-corrected chi connectivity index (χ4v) is 2.25. The third kappa shape index (κ3) is 5.79. The van der Waals surface area contributed by atoms with E-state index in [9.17, 15) is 9.59 Å². The lowest BCUT2D eigenvalue weighted by molar-refractivity contribution is -0.881. The van der Waals surface area contributed by atoms with Crippen LogP contribution in [0.15, 0.2) is 16.8 Å². The summed E-state index contributed by atoms with van der Waals surface area (Å²) >= 11 is 1.57. The summed E-state index contributed by atoms with van der Waals surface area (Å²) < 4.78 is 0.355. The van der Waals surface area contributed by atoms with Crippen molar-refractivity contribution in [3.63, 3.8) is 0 Å². The minimum atomic E-state index is -0.829. The van der Waals surface area contributed by atoms with E-state index in [1.54, 1.807) is 11.3 Å². The minimum Gasteiger partial charge on any atom is -0.477 e. The molecule has 0 aromatic carbocycles. The number of aliphatic carboxylic acids is 1. The number of likely N-dealkylation sites (N-methyl/N-ethyl adjacent to an activating group) is 1. The molecule has 1 aromatic heterocycles. The van der Waals surface area contributed by atoms with E-state index in [-0.39, 0.29) is 12.5 Å². The van der Waals surface area contributed by atoms with E-state index in [0.717, 1.165) is 5.56 Å². The molecular weight excluding hydrogens is 252 g/mol. The number of rotatable bonds is 7. The highest BCUT2D eigenvalue weighted by Crippen LogP contribution is 2.06. The summed E-state index contributed by atoms with van der Waals surface area (Å²) in [6.45, 7) is 1.14. The van der Waals surface area contributed by atoms with Gasteiger partial charge < -0.3 is 14.9 Å². The first-order valence-corrected chi connectivity index (χ1v) is 6.65. The molecule has 1 aromatic rings. The number of carboxylic acid groups (broad SMARTS) is 1. The zero-order valence-electron chi connectivity index (χ0n) is 10.7. The monoisotopic (exact) mass is 271 g/mol. The molecule has 100 valence electrons. The number of carboxylic acids is 1. The molecule has 5 nitrogen and oxygen atoms in total. The Kier molecular flexibility index (Phi) is 5.30. The Morgan fingerprint density at radius 2 is 2.17 bits per heavy atom. The van der Waals surface area contributed by atoms with Gasteiger partial charge in [0.2, 0.25) is 5.91 Å². The lowest BCUT2D eigenvalue weighted by Gasteiger charge is -2.27. The second kappa shape index (κ2) is 6.51. The predicted octanol–water partition coefficient (Wildman–Crippen LogP) is 0.568. The average Bonchev–Trinajstić information content (AvgIpc) is 2.67. The smallest absolute Gasteiger partial charge is 0.359 e. The van der Waals surface area contributed by atoms with Gasteiger partial charge >= 0.3 is 5.97 Å². The molecule has 1 heterocycles. The highest BCUT2D eigenvalue weighted by molar-refractivity contribution is 7.07. The number of amides is 1. The Morgan fingerprint density at radius 3 is 2.72 bits per heavy atom. The largest absolute Gasteiger partial charge is 0.477 e. The number of quaternary nitrogens is 1. The van der Waals surface area contributed by atoms with Crippen molar-refractivity contribution in [3.05, 3.63) is 22.4 Å². The van der Waals surface area contributed by atoms with Crippen LogP contribution in [0.5, 0.6) is 0 Å². The van der Waals surface area contributed by atoms with Gasteiger partial charge in [-0.2, -0.15) is 11.3 Å². The van der Waals surface area contributed by atoms with Crippen LogP contribution in [-0.4, -0.2) is 55.2 Å². The molecule has 2 N–H and O–H groups in total. The molecule has 0 aliphatic rings. The normalized spacial score (nSPS) is 11.2. The van der Waals surface area contributed by atoms with Crippen LogP contribution in [0.2, 0.25) is 0 Å². The maximum atomic E-state index is 11.6. The standard InChI is InChI=1S/C12H18N2O3S/c1-14(2,8-12(16)17)5-4-13-11(15)7-10-3-6-18-9-10/h3,6,9H,4-5,7-8H2,1-2H3,(H-,13,15,16,17)/p+1. The number of nitrogens with one attached hydrogen (secondary N) is 1. The molecule has 0 atom stereocenters. The van der Waals surface area contributed by atoms with Crippen molar-refractivity contribution < 1.29 is 19.2 Å². The van der Waals surface area contributed by atoms with Crippen molar-refractivity contribution in [2.75, 3.05) is 33.7 Å². The third-order valence-electron chi connectivity index (χ3n) is 2.55. The van der Waals surface area contributed by atoms with Crippen LogP contribution in [0, 0.1) is 0 Å². The Morgan fingerprint density at radius 1 is 1.44 bits per heavy atom. The Balaban J connectivity index is 2.25. The first kappa shape index (κ1) is 14.7. The topological polar surface area (TPSA) is 66.4 Å². The van der Waals surface area contributed by atoms with Crippen LogP contribution in [0.1, 0.15) is 5.56 Å². The van der Waals surface area contributed by atoms with E-state index in [2.05, 4.69) is 5.32 Å². The second-order valence-electron chi connectivity index (χ2n) is 4.87. The first-order chi connectivity index (χ1) is 8.39. The Labute approximate surface area is 111 Å². The molecule has 0 aliphatic heterocycles. The van der Waals surface area contributed by atoms with Crippen molar-refractivity contribution >= 4 is 23.2 Å². The van der Waals surface area contributed by atoms with Crippen LogP contribution < -0.4 is 5.32 Å². The maximum Gasteiger partial charge on any atom is 0.359 e. The number of thiophene rings is 1. The summed E-state index contributed by atoms with van der Waals surface area (Å²) in [5.41, 5.74) is 1.01. The van der Waals surface area contributed by atoms with Crippen LogP contribution in [-0.2, 0) is 16.0 Å². The molecule has 0 unspecified atom stereocenters. The van der Waals surface area contributed by atoms with Crippen LogP contribution in [0.3, 0.4) is 0 Å². The number of carbonyl (C=O) groups excluding carboxylic acids is 1. The van der Waals surface area contributed by atoms with E-state index in [1.165, 1.54) is 0 Å². The summed E-state index contributed by atoms with van der Waals surface area (Å²) in [4.78, 5) is 22.2. The first-order valence-electron chi connectivity index (χ1n) is 5.71. The quantitative estimate of drug-likeness (QED) is 0.712. The molecule has 0 bridgehead atoms. The molecule has 0 fully saturated rings. The minimum absolute atomic E-state index is 0.0243. The van der Waals surface area contributed by atoms with Gasteiger partial charge in [-0.05, 0) is 22.4 Å². The van der Waals surface area contributed by atoms with Gasteiger partial charge in [-0.15, -0.1) is 0 Å². The molecule has 18 heavy (non-hydrogen) atoms. The summed E-state index contributed by atoms with van der Waals surface area (Å²) in [5, 5.41) is 15.4. The molecule has 1 amide bonds. The Hall–Kier alpha value is -1.40. The molecule has 1 rings (SSSR count). The fraction of sp³-hybridized carbons (Fsp3) is 0.500. The van der Waals surface area contributed by atoms with Crippen LogP contribution >= 0.6 is 11.3 Å². The molecule has 6 heteroatoms. The van der Waals surface area contributed by atoms with Gasteiger partial charge in [-0.3, -0.25) is 4.79 Å². The van der Waals surface area contributed by atoms with Gasteiger partial charge in [0.25, 0.3) is 0 Å². The van der Waals surface area contributed by atoms with E-state index in [0.29, 0.717) is 24.0 Å².